The highest BCUT2D eigenvalue weighted by Crippen LogP contribution is 2.26. The molecule has 1 N–H and O–H groups in total. The predicted molar refractivity (Wildman–Crippen MR) is 75.0 cm³/mol. The molecule has 104 valence electrons. The van der Waals surface area contributed by atoms with Crippen LogP contribution in [0.2, 0.25) is 0 Å². The number of carbonyl (C=O) groups excluding carboxylic acids is 1. The Balaban J connectivity index is 1.56. The fraction of sp³-hybridized carbons (Fsp3) is 0.400. The third-order valence-electron chi connectivity index (χ3n) is 3.74. The Hall–Kier alpha value is -2.17. The number of hydrogen-bond acceptors (Lipinski definition) is 3. The first-order valence-corrected chi connectivity index (χ1v) is 6.92. The minimum absolute atomic E-state index is 0.0490. The molecule has 0 fully saturated rings. The van der Waals surface area contributed by atoms with Crippen molar-refractivity contribution >= 4 is 5.91 Å². The molecule has 1 amide bonds. The standard InChI is InChI=1S/C15H18N4O/c1-11(8-19-10-16-9-17-19)18-15(20)14-6-12-4-2-3-5-13(12)7-14/h2-5,9-11,14H,6-8H2,1H3,(H,18,20)/t11-/m0/s1. The summed E-state index contributed by atoms with van der Waals surface area (Å²) in [5.41, 5.74) is 2.60. The monoisotopic (exact) mass is 270 g/mol. The third-order valence-corrected chi connectivity index (χ3v) is 3.74. The number of fused-ring (bicyclic) bond motifs is 1. The van der Waals surface area contributed by atoms with Crippen LogP contribution in [0.3, 0.4) is 0 Å². The SMILES string of the molecule is C[C@@H](Cn1cncn1)NC(=O)C1Cc2ccccc2C1. The van der Waals surface area contributed by atoms with Crippen LogP contribution in [0.5, 0.6) is 0 Å². The van der Waals surface area contributed by atoms with Gasteiger partial charge in [0.2, 0.25) is 5.91 Å². The van der Waals surface area contributed by atoms with Crippen LogP contribution in [0, 0.1) is 5.92 Å². The lowest BCUT2D eigenvalue weighted by atomic mass is 10.1. The molecule has 0 aliphatic heterocycles. The molecule has 0 unspecified atom stereocenters. The van der Waals surface area contributed by atoms with Gasteiger partial charge in [-0.25, -0.2) is 4.98 Å². The van der Waals surface area contributed by atoms with Gasteiger partial charge in [-0.05, 0) is 30.9 Å². The Morgan fingerprint density at radius 2 is 2.10 bits per heavy atom. The lowest BCUT2D eigenvalue weighted by Crippen LogP contribution is -2.39. The Kier molecular flexibility index (Phi) is 3.50. The number of nitrogens with zero attached hydrogens (tertiary/aromatic N) is 3. The molecule has 2 aromatic rings. The van der Waals surface area contributed by atoms with Crippen LogP contribution >= 0.6 is 0 Å². The lowest BCUT2D eigenvalue weighted by molar-refractivity contribution is -0.125. The van der Waals surface area contributed by atoms with Gasteiger partial charge < -0.3 is 5.32 Å². The highest BCUT2D eigenvalue weighted by atomic mass is 16.1. The first-order chi connectivity index (χ1) is 9.72. The highest BCUT2D eigenvalue weighted by Gasteiger charge is 2.27. The molecule has 0 spiro atoms. The molecule has 0 saturated heterocycles. The van der Waals surface area contributed by atoms with Crippen molar-refractivity contribution in [2.75, 3.05) is 0 Å². The summed E-state index contributed by atoms with van der Waals surface area (Å²) in [5, 5.41) is 7.12. The van der Waals surface area contributed by atoms with Crippen LogP contribution < -0.4 is 5.32 Å². The maximum atomic E-state index is 12.3. The summed E-state index contributed by atoms with van der Waals surface area (Å²) in [6.07, 6.45) is 4.85. The maximum absolute atomic E-state index is 12.3. The number of aromatic nitrogens is 3. The van der Waals surface area contributed by atoms with E-state index in [1.54, 1.807) is 11.0 Å². The predicted octanol–water partition coefficient (Wildman–Crippen LogP) is 1.20. The van der Waals surface area contributed by atoms with Crippen LogP contribution in [0.1, 0.15) is 18.1 Å². The molecular weight excluding hydrogens is 252 g/mol. The van der Waals surface area contributed by atoms with E-state index >= 15 is 0 Å². The van der Waals surface area contributed by atoms with E-state index in [1.807, 2.05) is 19.1 Å². The minimum Gasteiger partial charge on any atom is -0.352 e. The molecule has 1 aliphatic carbocycles. The van der Waals surface area contributed by atoms with Crippen molar-refractivity contribution < 1.29 is 4.79 Å². The zero-order chi connectivity index (χ0) is 13.9. The Labute approximate surface area is 118 Å². The topological polar surface area (TPSA) is 59.8 Å². The first kappa shape index (κ1) is 12.8. The molecule has 1 heterocycles. The van der Waals surface area contributed by atoms with Crippen LogP contribution in [0.15, 0.2) is 36.9 Å². The van der Waals surface area contributed by atoms with Gasteiger partial charge in [-0.1, -0.05) is 24.3 Å². The summed E-state index contributed by atoms with van der Waals surface area (Å²) in [5.74, 6) is 0.194. The average molecular weight is 270 g/mol. The van der Waals surface area contributed by atoms with Gasteiger partial charge >= 0.3 is 0 Å². The molecule has 3 rings (SSSR count). The molecule has 0 saturated carbocycles. The van der Waals surface area contributed by atoms with Gasteiger partial charge in [0.25, 0.3) is 0 Å². The Morgan fingerprint density at radius 3 is 2.70 bits per heavy atom. The van der Waals surface area contributed by atoms with E-state index in [-0.39, 0.29) is 17.9 Å². The molecule has 5 heteroatoms. The number of benzene rings is 1. The molecule has 1 aromatic heterocycles. The summed E-state index contributed by atoms with van der Waals surface area (Å²) >= 11 is 0. The Morgan fingerprint density at radius 1 is 1.40 bits per heavy atom. The second kappa shape index (κ2) is 5.45. The zero-order valence-electron chi connectivity index (χ0n) is 11.5. The average Bonchev–Trinajstić information content (AvgIpc) is 3.06. The number of nitrogens with one attached hydrogen (secondary N) is 1. The molecule has 0 bridgehead atoms. The molecular formula is C15H18N4O. The van der Waals surface area contributed by atoms with Crippen LogP contribution in [-0.2, 0) is 24.2 Å². The largest absolute Gasteiger partial charge is 0.352 e. The van der Waals surface area contributed by atoms with Crippen LogP contribution in [0.4, 0.5) is 0 Å². The van der Waals surface area contributed by atoms with E-state index in [1.165, 1.54) is 17.5 Å². The van der Waals surface area contributed by atoms with E-state index in [4.69, 9.17) is 0 Å². The van der Waals surface area contributed by atoms with Gasteiger partial charge in [0.1, 0.15) is 12.7 Å². The fourth-order valence-electron chi connectivity index (χ4n) is 2.76. The van der Waals surface area contributed by atoms with E-state index in [9.17, 15) is 4.79 Å². The van der Waals surface area contributed by atoms with E-state index < -0.39 is 0 Å². The van der Waals surface area contributed by atoms with Crippen molar-refractivity contribution in [2.45, 2.75) is 32.4 Å². The van der Waals surface area contributed by atoms with E-state index in [2.05, 4.69) is 27.5 Å². The summed E-state index contributed by atoms with van der Waals surface area (Å²) < 4.78 is 1.73. The molecule has 5 nitrogen and oxygen atoms in total. The fourth-order valence-corrected chi connectivity index (χ4v) is 2.76. The number of hydrogen-bond donors (Lipinski definition) is 1. The number of rotatable bonds is 4. The Bertz CT molecular complexity index is 569. The second-order valence-corrected chi connectivity index (χ2v) is 5.40. The van der Waals surface area contributed by atoms with E-state index in [0.29, 0.717) is 6.54 Å². The van der Waals surface area contributed by atoms with Gasteiger partial charge in [-0.3, -0.25) is 9.48 Å². The van der Waals surface area contributed by atoms with Crippen molar-refractivity contribution in [3.8, 4) is 0 Å². The minimum atomic E-state index is 0.0490. The van der Waals surface area contributed by atoms with Crippen molar-refractivity contribution in [2.24, 2.45) is 5.92 Å². The summed E-state index contributed by atoms with van der Waals surface area (Å²) in [6, 6.07) is 8.34. The smallest absolute Gasteiger partial charge is 0.224 e. The van der Waals surface area contributed by atoms with E-state index in [0.717, 1.165) is 12.8 Å². The first-order valence-electron chi connectivity index (χ1n) is 6.92. The van der Waals surface area contributed by atoms with Crippen LogP contribution in [0.25, 0.3) is 0 Å². The molecule has 1 atom stereocenters. The second-order valence-electron chi connectivity index (χ2n) is 5.40. The van der Waals surface area contributed by atoms with Crippen molar-refractivity contribution in [3.63, 3.8) is 0 Å². The third kappa shape index (κ3) is 2.71. The number of amides is 1. The molecule has 1 aliphatic rings. The summed E-state index contributed by atoms with van der Waals surface area (Å²) in [6.45, 7) is 2.63. The van der Waals surface area contributed by atoms with Crippen molar-refractivity contribution in [3.05, 3.63) is 48.0 Å². The summed E-state index contributed by atoms with van der Waals surface area (Å²) in [4.78, 5) is 16.2. The van der Waals surface area contributed by atoms with Gasteiger partial charge in [0, 0.05) is 12.0 Å². The molecule has 1 aromatic carbocycles. The lowest BCUT2D eigenvalue weighted by Gasteiger charge is -2.16. The molecule has 0 radical (unpaired) electrons. The quantitative estimate of drug-likeness (QED) is 0.908. The molecule has 20 heavy (non-hydrogen) atoms. The van der Waals surface area contributed by atoms with Gasteiger partial charge in [-0.15, -0.1) is 0 Å². The van der Waals surface area contributed by atoms with Gasteiger partial charge in [-0.2, -0.15) is 5.10 Å². The summed E-state index contributed by atoms with van der Waals surface area (Å²) in [7, 11) is 0. The van der Waals surface area contributed by atoms with Gasteiger partial charge in [0.05, 0.1) is 6.54 Å². The number of carbonyl (C=O) groups is 1. The highest BCUT2D eigenvalue weighted by molar-refractivity contribution is 5.80. The normalized spacial score (nSPS) is 15.8. The maximum Gasteiger partial charge on any atom is 0.224 e. The zero-order valence-corrected chi connectivity index (χ0v) is 11.5. The van der Waals surface area contributed by atoms with Crippen LogP contribution in [-0.4, -0.2) is 26.7 Å². The van der Waals surface area contributed by atoms with Gasteiger partial charge in [0.15, 0.2) is 0 Å². The van der Waals surface area contributed by atoms with Crippen molar-refractivity contribution in [1.29, 1.82) is 0 Å². The van der Waals surface area contributed by atoms with Crippen molar-refractivity contribution in [1.82, 2.24) is 20.1 Å².